The van der Waals surface area contributed by atoms with Gasteiger partial charge in [0.25, 0.3) is 0 Å². The Labute approximate surface area is 182 Å². The topological polar surface area (TPSA) is 80.3 Å². The SMILES string of the molecule is COc1ccc(C[C@]2(CCC(=O)N[C@@H](c3ccccn3)C(F)(F)F)CCC(=O)N2)c(F)c1. The van der Waals surface area contributed by atoms with Crippen LogP contribution in [0.2, 0.25) is 0 Å². The Morgan fingerprint density at radius 2 is 2.09 bits per heavy atom. The highest BCUT2D eigenvalue weighted by Crippen LogP contribution is 2.33. The Hall–Kier alpha value is -3.17. The Kier molecular flexibility index (Phi) is 7.00. The summed E-state index contributed by atoms with van der Waals surface area (Å²) in [5.41, 5.74) is -0.935. The highest BCUT2D eigenvalue weighted by atomic mass is 19.4. The molecule has 3 rings (SSSR count). The third-order valence-corrected chi connectivity index (χ3v) is 5.47. The monoisotopic (exact) mass is 453 g/mol. The minimum Gasteiger partial charge on any atom is -0.497 e. The number of nitrogens with one attached hydrogen (secondary N) is 2. The van der Waals surface area contributed by atoms with E-state index in [9.17, 15) is 27.2 Å². The predicted octanol–water partition coefficient (Wildman–Crippen LogP) is 3.62. The molecule has 0 saturated carbocycles. The molecule has 2 N–H and O–H groups in total. The van der Waals surface area contributed by atoms with Gasteiger partial charge < -0.3 is 15.4 Å². The van der Waals surface area contributed by atoms with Gasteiger partial charge in [-0.2, -0.15) is 13.2 Å². The Morgan fingerprint density at radius 1 is 1.31 bits per heavy atom. The van der Waals surface area contributed by atoms with E-state index in [1.54, 1.807) is 6.07 Å². The summed E-state index contributed by atoms with van der Waals surface area (Å²) in [6.45, 7) is 0. The van der Waals surface area contributed by atoms with Gasteiger partial charge in [0, 0.05) is 30.6 Å². The number of carbonyl (C=O) groups excluding carboxylic acids is 2. The Balaban J connectivity index is 1.71. The molecule has 1 aromatic carbocycles. The maximum atomic E-state index is 14.4. The number of hydrogen-bond donors (Lipinski definition) is 2. The van der Waals surface area contributed by atoms with Gasteiger partial charge in [-0.15, -0.1) is 0 Å². The van der Waals surface area contributed by atoms with Crippen LogP contribution in [-0.4, -0.2) is 35.6 Å². The van der Waals surface area contributed by atoms with Crippen molar-refractivity contribution >= 4 is 11.8 Å². The van der Waals surface area contributed by atoms with Crippen molar-refractivity contribution in [2.75, 3.05) is 7.11 Å². The summed E-state index contributed by atoms with van der Waals surface area (Å²) in [5, 5.41) is 4.78. The van der Waals surface area contributed by atoms with Crippen LogP contribution in [0.3, 0.4) is 0 Å². The number of pyridine rings is 1. The fourth-order valence-corrected chi connectivity index (χ4v) is 3.80. The summed E-state index contributed by atoms with van der Waals surface area (Å²) < 4.78 is 59.8. The number of carbonyl (C=O) groups is 2. The van der Waals surface area contributed by atoms with Crippen molar-refractivity contribution in [2.24, 2.45) is 0 Å². The average molecular weight is 453 g/mol. The number of nitrogens with zero attached hydrogens (tertiary/aromatic N) is 1. The van der Waals surface area contributed by atoms with E-state index in [2.05, 4.69) is 10.3 Å². The first-order valence-corrected chi connectivity index (χ1v) is 10.0. The molecule has 1 aliphatic rings. The van der Waals surface area contributed by atoms with Crippen molar-refractivity contribution in [3.63, 3.8) is 0 Å². The smallest absolute Gasteiger partial charge is 0.414 e. The number of methoxy groups -OCH3 is 1. The van der Waals surface area contributed by atoms with Gasteiger partial charge in [0.1, 0.15) is 11.6 Å². The van der Waals surface area contributed by atoms with E-state index in [0.29, 0.717) is 17.7 Å². The minimum absolute atomic E-state index is 0.0584. The van der Waals surface area contributed by atoms with Crippen LogP contribution in [0.15, 0.2) is 42.6 Å². The fraction of sp³-hybridized carbons (Fsp3) is 0.409. The number of hydrogen-bond acceptors (Lipinski definition) is 4. The molecule has 2 atom stereocenters. The van der Waals surface area contributed by atoms with Gasteiger partial charge in [-0.1, -0.05) is 12.1 Å². The van der Waals surface area contributed by atoms with Crippen LogP contribution in [0.1, 0.15) is 43.0 Å². The summed E-state index contributed by atoms with van der Waals surface area (Å²) in [7, 11) is 1.41. The third-order valence-electron chi connectivity index (χ3n) is 5.47. The highest BCUT2D eigenvalue weighted by molar-refractivity contribution is 5.80. The molecule has 1 aromatic heterocycles. The van der Waals surface area contributed by atoms with Crippen molar-refractivity contribution in [2.45, 2.75) is 49.9 Å². The van der Waals surface area contributed by atoms with Crippen molar-refractivity contribution < 1.29 is 31.9 Å². The molecule has 1 fully saturated rings. The van der Waals surface area contributed by atoms with Crippen LogP contribution >= 0.6 is 0 Å². The van der Waals surface area contributed by atoms with Crippen molar-refractivity contribution in [3.8, 4) is 5.75 Å². The first-order valence-electron chi connectivity index (χ1n) is 10.0. The van der Waals surface area contributed by atoms with E-state index in [0.717, 1.165) is 0 Å². The zero-order valence-electron chi connectivity index (χ0n) is 17.3. The standard InChI is InChI=1S/C22H23F4N3O3/c1-32-15-6-5-14(16(23)12-15)13-21(10-8-19(31)29-21)9-7-18(30)28-20(22(24,25)26)17-4-2-3-11-27-17/h2-6,11-12,20H,7-10,13H2,1H3,(H,28,30)(H,29,31)/t20-,21-/m0/s1. The van der Waals surface area contributed by atoms with Gasteiger partial charge >= 0.3 is 6.18 Å². The van der Waals surface area contributed by atoms with E-state index in [-0.39, 0.29) is 37.3 Å². The lowest BCUT2D eigenvalue weighted by molar-refractivity contribution is -0.164. The second-order valence-electron chi connectivity index (χ2n) is 7.76. The van der Waals surface area contributed by atoms with Gasteiger partial charge in [-0.05, 0) is 43.0 Å². The molecule has 0 bridgehead atoms. The maximum absolute atomic E-state index is 14.4. The van der Waals surface area contributed by atoms with Gasteiger partial charge in [0.2, 0.25) is 11.8 Å². The number of rotatable bonds is 8. The summed E-state index contributed by atoms with van der Waals surface area (Å²) in [6.07, 6.45) is -3.10. The lowest BCUT2D eigenvalue weighted by Gasteiger charge is -2.30. The summed E-state index contributed by atoms with van der Waals surface area (Å²) in [5.74, 6) is -1.28. The van der Waals surface area contributed by atoms with Crippen molar-refractivity contribution in [3.05, 3.63) is 59.7 Å². The van der Waals surface area contributed by atoms with Crippen LogP contribution in [0.5, 0.6) is 5.75 Å². The van der Waals surface area contributed by atoms with Crippen LogP contribution < -0.4 is 15.4 Å². The summed E-state index contributed by atoms with van der Waals surface area (Å²) >= 11 is 0. The van der Waals surface area contributed by atoms with Gasteiger partial charge in [0.15, 0.2) is 6.04 Å². The molecule has 0 aliphatic carbocycles. The van der Waals surface area contributed by atoms with Gasteiger partial charge in [0.05, 0.1) is 12.8 Å². The van der Waals surface area contributed by atoms with Crippen LogP contribution in [0.25, 0.3) is 0 Å². The molecule has 2 aromatic rings. The largest absolute Gasteiger partial charge is 0.497 e. The minimum atomic E-state index is -4.73. The Morgan fingerprint density at radius 3 is 2.66 bits per heavy atom. The molecule has 1 aliphatic heterocycles. The summed E-state index contributed by atoms with van der Waals surface area (Å²) in [4.78, 5) is 28.0. The zero-order valence-corrected chi connectivity index (χ0v) is 17.3. The summed E-state index contributed by atoms with van der Waals surface area (Å²) in [6, 6.07) is 6.14. The Bertz CT molecular complexity index is 969. The molecular formula is C22H23F4N3O3. The number of aromatic nitrogens is 1. The second-order valence-corrected chi connectivity index (χ2v) is 7.76. The lowest BCUT2D eigenvalue weighted by atomic mass is 9.84. The van der Waals surface area contributed by atoms with E-state index in [1.165, 1.54) is 43.6 Å². The first-order chi connectivity index (χ1) is 15.1. The maximum Gasteiger partial charge on any atom is 0.414 e. The second kappa shape index (κ2) is 9.54. The van der Waals surface area contributed by atoms with E-state index in [1.807, 2.05) is 5.32 Å². The van der Waals surface area contributed by atoms with E-state index >= 15 is 0 Å². The highest BCUT2D eigenvalue weighted by Gasteiger charge is 2.43. The molecular weight excluding hydrogens is 430 g/mol. The molecule has 0 unspecified atom stereocenters. The molecule has 1 saturated heterocycles. The van der Waals surface area contributed by atoms with Crippen molar-refractivity contribution in [1.82, 2.24) is 15.6 Å². The zero-order chi connectivity index (χ0) is 23.4. The van der Waals surface area contributed by atoms with Gasteiger partial charge in [-0.3, -0.25) is 14.6 Å². The molecule has 6 nitrogen and oxygen atoms in total. The number of amides is 2. The predicted molar refractivity (Wildman–Crippen MR) is 107 cm³/mol. The third kappa shape index (κ3) is 5.74. The van der Waals surface area contributed by atoms with E-state index < -0.39 is 29.5 Å². The average Bonchev–Trinajstić information content (AvgIpc) is 3.12. The number of ether oxygens (including phenoxy) is 1. The van der Waals surface area contributed by atoms with Crippen LogP contribution in [0.4, 0.5) is 17.6 Å². The normalized spacial score (nSPS) is 19.3. The first kappa shape index (κ1) is 23.5. The van der Waals surface area contributed by atoms with Gasteiger partial charge in [-0.25, -0.2) is 4.39 Å². The molecule has 2 amide bonds. The molecule has 0 radical (unpaired) electrons. The quantitative estimate of drug-likeness (QED) is 0.599. The van der Waals surface area contributed by atoms with Crippen LogP contribution in [-0.2, 0) is 16.0 Å². The fourth-order valence-electron chi connectivity index (χ4n) is 3.80. The van der Waals surface area contributed by atoms with Crippen molar-refractivity contribution in [1.29, 1.82) is 0 Å². The number of benzene rings is 1. The molecule has 32 heavy (non-hydrogen) atoms. The molecule has 0 spiro atoms. The lowest BCUT2D eigenvalue weighted by Crippen LogP contribution is -2.45. The molecule has 2 heterocycles. The van der Waals surface area contributed by atoms with E-state index in [4.69, 9.17) is 4.74 Å². The molecule has 10 heteroatoms. The number of halogens is 4. The van der Waals surface area contributed by atoms with Crippen LogP contribution in [0, 0.1) is 5.82 Å². The molecule has 172 valence electrons. The number of alkyl halides is 3.